The number of hydrogen-bond acceptors (Lipinski definition) is 4. The summed E-state index contributed by atoms with van der Waals surface area (Å²) in [4.78, 5) is 10.2. The molecule has 0 spiro atoms. The van der Waals surface area contributed by atoms with Crippen molar-refractivity contribution in [3.8, 4) is 0 Å². The van der Waals surface area contributed by atoms with E-state index in [-0.39, 0.29) is 4.90 Å². The molecule has 0 amide bonds. The lowest BCUT2D eigenvalue weighted by Gasteiger charge is -2.21. The van der Waals surface area contributed by atoms with Crippen LogP contribution in [-0.4, -0.2) is 36.7 Å². The smallest absolute Gasteiger partial charge is 0.306 e. The Morgan fingerprint density at radius 3 is 2.63 bits per heavy atom. The third kappa shape index (κ3) is 4.93. The first-order chi connectivity index (χ1) is 8.62. The Morgan fingerprint density at radius 1 is 1.47 bits per heavy atom. The summed E-state index contributed by atoms with van der Waals surface area (Å²) in [6.45, 7) is 0.702. The number of hydrogen-bond donors (Lipinski definition) is 3. The number of carbonyl (C=O) groups is 1. The summed E-state index contributed by atoms with van der Waals surface area (Å²) in [7, 11) is -3.99. The highest BCUT2D eigenvalue weighted by molar-refractivity contribution is 7.89. The molecule has 0 aromatic heterocycles. The van der Waals surface area contributed by atoms with E-state index in [4.69, 9.17) is 5.11 Å². The molecule has 0 saturated heterocycles. The van der Waals surface area contributed by atoms with Crippen LogP contribution in [0.4, 0.5) is 4.39 Å². The molecule has 1 atom stereocenters. The maximum absolute atomic E-state index is 12.9. The van der Waals surface area contributed by atoms with Crippen LogP contribution in [0.5, 0.6) is 0 Å². The molecule has 1 aromatic carbocycles. The SMILES string of the molecule is CC(O)(CNS(=O)(=O)c1cccc(F)c1)CC(=O)O. The largest absolute Gasteiger partial charge is 0.481 e. The molecule has 0 aliphatic rings. The Balaban J connectivity index is 2.79. The van der Waals surface area contributed by atoms with E-state index in [1.165, 1.54) is 19.1 Å². The Bertz CT molecular complexity index is 570. The van der Waals surface area contributed by atoms with Gasteiger partial charge in [-0.15, -0.1) is 0 Å². The number of benzene rings is 1. The van der Waals surface area contributed by atoms with Gasteiger partial charge in [0.15, 0.2) is 0 Å². The minimum absolute atomic E-state index is 0.293. The summed E-state index contributed by atoms with van der Waals surface area (Å²) >= 11 is 0. The van der Waals surface area contributed by atoms with Gasteiger partial charge in [-0.2, -0.15) is 0 Å². The number of aliphatic hydroxyl groups is 1. The van der Waals surface area contributed by atoms with Gasteiger partial charge in [-0.25, -0.2) is 17.5 Å². The molecule has 8 heteroatoms. The van der Waals surface area contributed by atoms with Gasteiger partial charge < -0.3 is 10.2 Å². The summed E-state index contributed by atoms with van der Waals surface area (Å²) < 4.78 is 38.5. The minimum Gasteiger partial charge on any atom is -0.481 e. The van der Waals surface area contributed by atoms with E-state index in [9.17, 15) is 22.7 Å². The van der Waals surface area contributed by atoms with E-state index in [2.05, 4.69) is 0 Å². The average molecular weight is 291 g/mol. The van der Waals surface area contributed by atoms with Crippen LogP contribution in [-0.2, 0) is 14.8 Å². The van der Waals surface area contributed by atoms with Crippen LogP contribution in [0.25, 0.3) is 0 Å². The molecule has 19 heavy (non-hydrogen) atoms. The summed E-state index contributed by atoms with van der Waals surface area (Å²) in [5.41, 5.74) is -1.73. The van der Waals surface area contributed by atoms with Crippen molar-refractivity contribution in [1.29, 1.82) is 0 Å². The molecule has 0 radical (unpaired) electrons. The third-order valence-corrected chi connectivity index (χ3v) is 3.68. The summed E-state index contributed by atoms with van der Waals surface area (Å²) in [6, 6.07) is 4.35. The number of sulfonamides is 1. The number of carboxylic acids is 1. The average Bonchev–Trinajstić information content (AvgIpc) is 2.25. The lowest BCUT2D eigenvalue weighted by molar-refractivity contribution is -0.141. The van der Waals surface area contributed by atoms with Crippen LogP contribution in [0.3, 0.4) is 0 Å². The first kappa shape index (κ1) is 15.5. The molecular formula is C11H14FNO5S. The molecule has 1 unspecified atom stereocenters. The van der Waals surface area contributed by atoms with Crippen LogP contribution in [0.15, 0.2) is 29.2 Å². The van der Waals surface area contributed by atoms with Gasteiger partial charge in [0, 0.05) is 6.54 Å². The molecular weight excluding hydrogens is 277 g/mol. The van der Waals surface area contributed by atoms with Gasteiger partial charge in [-0.1, -0.05) is 6.07 Å². The van der Waals surface area contributed by atoms with E-state index in [1.807, 2.05) is 4.72 Å². The molecule has 106 valence electrons. The second-order valence-electron chi connectivity index (χ2n) is 4.35. The van der Waals surface area contributed by atoms with Crippen molar-refractivity contribution in [3.63, 3.8) is 0 Å². The van der Waals surface area contributed by atoms with Gasteiger partial charge in [0.2, 0.25) is 10.0 Å². The van der Waals surface area contributed by atoms with Crippen molar-refractivity contribution >= 4 is 16.0 Å². The van der Waals surface area contributed by atoms with Crippen molar-refractivity contribution in [3.05, 3.63) is 30.1 Å². The fourth-order valence-corrected chi connectivity index (χ4v) is 2.55. The fourth-order valence-electron chi connectivity index (χ4n) is 1.36. The highest BCUT2D eigenvalue weighted by atomic mass is 32.2. The van der Waals surface area contributed by atoms with Crippen LogP contribution < -0.4 is 4.72 Å². The van der Waals surface area contributed by atoms with Crippen LogP contribution in [0.1, 0.15) is 13.3 Å². The highest BCUT2D eigenvalue weighted by Crippen LogP contribution is 2.13. The standard InChI is InChI=1S/C11H14FNO5S/c1-11(16,6-10(14)15)7-13-19(17,18)9-4-2-3-8(12)5-9/h2-5,13,16H,6-7H2,1H3,(H,14,15). The van der Waals surface area contributed by atoms with Gasteiger partial charge in [-0.3, -0.25) is 4.79 Å². The number of aliphatic carboxylic acids is 1. The Morgan fingerprint density at radius 2 is 2.11 bits per heavy atom. The van der Waals surface area contributed by atoms with Gasteiger partial charge >= 0.3 is 5.97 Å². The highest BCUT2D eigenvalue weighted by Gasteiger charge is 2.27. The van der Waals surface area contributed by atoms with Crippen LogP contribution in [0, 0.1) is 5.82 Å². The maximum Gasteiger partial charge on any atom is 0.306 e. The number of nitrogens with one attached hydrogen (secondary N) is 1. The molecule has 0 aliphatic heterocycles. The lowest BCUT2D eigenvalue weighted by atomic mass is 10.0. The lowest BCUT2D eigenvalue weighted by Crippen LogP contribution is -2.42. The molecule has 0 bridgehead atoms. The molecule has 0 saturated carbocycles. The van der Waals surface area contributed by atoms with Crippen LogP contribution in [0.2, 0.25) is 0 Å². The van der Waals surface area contributed by atoms with E-state index in [0.29, 0.717) is 0 Å². The fraction of sp³-hybridized carbons (Fsp3) is 0.364. The first-order valence-corrected chi connectivity index (χ1v) is 6.80. The van der Waals surface area contributed by atoms with Crippen molar-refractivity contribution in [2.45, 2.75) is 23.8 Å². The second kappa shape index (κ2) is 5.64. The summed E-state index contributed by atoms with van der Waals surface area (Å²) in [5, 5.41) is 18.2. The molecule has 1 aromatic rings. The Kier molecular flexibility index (Phi) is 4.61. The predicted octanol–water partition coefficient (Wildman–Crippen LogP) is 0.330. The zero-order valence-electron chi connectivity index (χ0n) is 10.1. The normalized spacial score (nSPS) is 14.9. The Hall–Kier alpha value is -1.51. The molecule has 0 heterocycles. The van der Waals surface area contributed by atoms with E-state index >= 15 is 0 Å². The zero-order valence-corrected chi connectivity index (χ0v) is 10.9. The quantitative estimate of drug-likeness (QED) is 0.700. The van der Waals surface area contributed by atoms with Crippen LogP contribution >= 0.6 is 0 Å². The first-order valence-electron chi connectivity index (χ1n) is 5.32. The van der Waals surface area contributed by atoms with Crippen molar-refractivity contribution in [2.75, 3.05) is 6.54 Å². The topological polar surface area (TPSA) is 104 Å². The molecule has 1 rings (SSSR count). The van der Waals surface area contributed by atoms with E-state index < -0.39 is 40.4 Å². The molecule has 0 fully saturated rings. The van der Waals surface area contributed by atoms with E-state index in [1.54, 1.807) is 0 Å². The van der Waals surface area contributed by atoms with Gasteiger partial charge in [0.05, 0.1) is 16.9 Å². The van der Waals surface area contributed by atoms with E-state index in [0.717, 1.165) is 12.1 Å². The minimum atomic E-state index is -3.99. The van der Waals surface area contributed by atoms with Gasteiger partial charge in [0.25, 0.3) is 0 Å². The van der Waals surface area contributed by atoms with Gasteiger partial charge in [0.1, 0.15) is 5.82 Å². The third-order valence-electron chi connectivity index (χ3n) is 2.28. The maximum atomic E-state index is 12.9. The van der Waals surface area contributed by atoms with Gasteiger partial charge in [-0.05, 0) is 25.1 Å². The zero-order chi connectivity index (χ0) is 14.7. The predicted molar refractivity (Wildman–Crippen MR) is 64.5 cm³/mol. The van der Waals surface area contributed by atoms with Crippen molar-refractivity contribution in [2.24, 2.45) is 0 Å². The number of halogens is 1. The summed E-state index contributed by atoms with van der Waals surface area (Å²) in [5.74, 6) is -1.96. The summed E-state index contributed by atoms with van der Waals surface area (Å²) in [6.07, 6.45) is -0.612. The monoisotopic (exact) mass is 291 g/mol. The Labute approximate surface area is 109 Å². The number of rotatable bonds is 6. The van der Waals surface area contributed by atoms with Crippen molar-refractivity contribution in [1.82, 2.24) is 4.72 Å². The second-order valence-corrected chi connectivity index (χ2v) is 6.12. The molecule has 0 aliphatic carbocycles. The molecule has 6 nitrogen and oxygen atoms in total. The molecule has 3 N–H and O–H groups in total. The van der Waals surface area contributed by atoms with Crippen molar-refractivity contribution < 1.29 is 27.8 Å². The number of carboxylic acid groups (broad SMARTS) is 1.